The molecule has 0 aliphatic rings. The highest BCUT2D eigenvalue weighted by atomic mass is 35.5. The van der Waals surface area contributed by atoms with E-state index in [9.17, 15) is 0 Å². The van der Waals surface area contributed by atoms with Gasteiger partial charge in [0, 0.05) is 10.7 Å². The van der Waals surface area contributed by atoms with Gasteiger partial charge in [-0.2, -0.15) is 0 Å². The number of alkyl halides is 1. The van der Waals surface area contributed by atoms with Crippen LogP contribution in [0.1, 0.15) is 5.82 Å². The van der Waals surface area contributed by atoms with Crippen molar-refractivity contribution in [3.05, 3.63) is 57.3 Å². The molecule has 1 aromatic heterocycles. The number of halogens is 4. The number of hydrogen-bond acceptors (Lipinski definition) is 1. The molecule has 0 aliphatic carbocycles. The highest BCUT2D eigenvalue weighted by Gasteiger charge is 2.14. The van der Waals surface area contributed by atoms with Crippen LogP contribution >= 0.6 is 46.4 Å². The lowest BCUT2D eigenvalue weighted by Gasteiger charge is -2.08. The SMILES string of the molecule is ClCc1nc2cc(Cl)c(Cl)cc2n1-c1cccc(Cl)c1. The van der Waals surface area contributed by atoms with Crippen LogP contribution in [0.4, 0.5) is 0 Å². The van der Waals surface area contributed by atoms with Gasteiger partial charge in [-0.3, -0.25) is 4.57 Å². The van der Waals surface area contributed by atoms with Gasteiger partial charge >= 0.3 is 0 Å². The van der Waals surface area contributed by atoms with Crippen molar-refractivity contribution in [2.24, 2.45) is 0 Å². The molecule has 0 spiro atoms. The fraction of sp³-hybridized carbons (Fsp3) is 0.0714. The van der Waals surface area contributed by atoms with E-state index in [1.165, 1.54) is 0 Å². The third-order valence-electron chi connectivity index (χ3n) is 2.95. The Morgan fingerprint density at radius 1 is 1.00 bits per heavy atom. The van der Waals surface area contributed by atoms with E-state index in [-0.39, 0.29) is 5.88 Å². The number of fused-ring (bicyclic) bond motifs is 1. The third-order valence-corrected chi connectivity index (χ3v) is 4.15. The second-order valence-electron chi connectivity index (χ2n) is 4.23. The maximum atomic E-state index is 6.10. The summed E-state index contributed by atoms with van der Waals surface area (Å²) in [5.41, 5.74) is 2.47. The summed E-state index contributed by atoms with van der Waals surface area (Å²) in [6.07, 6.45) is 0. The van der Waals surface area contributed by atoms with E-state index in [0.717, 1.165) is 16.7 Å². The molecule has 2 aromatic carbocycles. The summed E-state index contributed by atoms with van der Waals surface area (Å²) in [6, 6.07) is 11.0. The van der Waals surface area contributed by atoms with Gasteiger partial charge in [-0.05, 0) is 30.3 Å². The Morgan fingerprint density at radius 3 is 2.45 bits per heavy atom. The highest BCUT2D eigenvalue weighted by Crippen LogP contribution is 2.31. The number of nitrogens with zero attached hydrogens (tertiary/aromatic N) is 2. The van der Waals surface area contributed by atoms with Crippen molar-refractivity contribution in [2.75, 3.05) is 0 Å². The third kappa shape index (κ3) is 2.38. The van der Waals surface area contributed by atoms with Crippen LogP contribution in [0.3, 0.4) is 0 Å². The van der Waals surface area contributed by atoms with Gasteiger partial charge < -0.3 is 0 Å². The van der Waals surface area contributed by atoms with E-state index >= 15 is 0 Å². The van der Waals surface area contributed by atoms with Gasteiger partial charge in [0.15, 0.2) is 0 Å². The Labute approximate surface area is 135 Å². The summed E-state index contributed by atoms with van der Waals surface area (Å²) >= 11 is 24.2. The van der Waals surface area contributed by atoms with E-state index in [4.69, 9.17) is 46.4 Å². The Balaban J connectivity index is 2.35. The molecule has 3 aromatic rings. The Bertz CT molecular complexity index is 795. The van der Waals surface area contributed by atoms with Crippen LogP contribution in [0.15, 0.2) is 36.4 Å². The van der Waals surface area contributed by atoms with Crippen LogP contribution in [-0.2, 0) is 5.88 Å². The lowest BCUT2D eigenvalue weighted by Crippen LogP contribution is -1.99. The average molecular weight is 346 g/mol. The maximum absolute atomic E-state index is 6.10. The lowest BCUT2D eigenvalue weighted by molar-refractivity contribution is 0.982. The predicted molar refractivity (Wildman–Crippen MR) is 85.7 cm³/mol. The normalized spacial score (nSPS) is 11.2. The molecule has 2 nitrogen and oxygen atoms in total. The monoisotopic (exact) mass is 344 g/mol. The molecule has 0 bridgehead atoms. The van der Waals surface area contributed by atoms with Gasteiger partial charge in [-0.25, -0.2) is 4.98 Å². The summed E-state index contributed by atoms with van der Waals surface area (Å²) < 4.78 is 1.93. The van der Waals surface area contributed by atoms with Gasteiger partial charge in [-0.1, -0.05) is 40.9 Å². The van der Waals surface area contributed by atoms with Crippen LogP contribution in [-0.4, -0.2) is 9.55 Å². The molecule has 0 radical (unpaired) electrons. The van der Waals surface area contributed by atoms with Crippen LogP contribution in [0.25, 0.3) is 16.7 Å². The highest BCUT2D eigenvalue weighted by molar-refractivity contribution is 6.42. The minimum atomic E-state index is 0.274. The Kier molecular flexibility index (Phi) is 3.83. The summed E-state index contributed by atoms with van der Waals surface area (Å²) in [5.74, 6) is 0.985. The van der Waals surface area contributed by atoms with Crippen LogP contribution < -0.4 is 0 Å². The molecule has 102 valence electrons. The number of imidazole rings is 1. The molecule has 0 amide bonds. The van der Waals surface area contributed by atoms with E-state index in [1.807, 2.05) is 28.8 Å². The maximum Gasteiger partial charge on any atom is 0.129 e. The summed E-state index contributed by atoms with van der Waals surface area (Å²) in [6.45, 7) is 0. The summed E-state index contributed by atoms with van der Waals surface area (Å²) in [4.78, 5) is 4.48. The fourth-order valence-corrected chi connectivity index (χ4v) is 2.80. The van der Waals surface area contributed by atoms with Crippen molar-refractivity contribution in [3.63, 3.8) is 0 Å². The Morgan fingerprint density at radius 2 is 1.75 bits per heavy atom. The second kappa shape index (κ2) is 5.45. The van der Waals surface area contributed by atoms with Gasteiger partial charge in [-0.15, -0.1) is 11.6 Å². The van der Waals surface area contributed by atoms with Crippen molar-refractivity contribution >= 4 is 57.4 Å². The standard InChI is InChI=1S/C14H8Cl4N2/c15-7-14-19-12-5-10(17)11(18)6-13(12)20(14)9-3-1-2-8(16)4-9/h1-6H,7H2. The van der Waals surface area contributed by atoms with Crippen LogP contribution in [0, 0.1) is 0 Å². The lowest BCUT2D eigenvalue weighted by atomic mass is 10.2. The zero-order valence-electron chi connectivity index (χ0n) is 10.1. The predicted octanol–water partition coefficient (Wildman–Crippen LogP) is 5.72. The molecule has 0 aliphatic heterocycles. The zero-order valence-corrected chi connectivity index (χ0v) is 13.1. The minimum Gasteiger partial charge on any atom is -0.295 e. The summed E-state index contributed by atoms with van der Waals surface area (Å²) in [5, 5.41) is 1.59. The molecule has 0 N–H and O–H groups in total. The first-order chi connectivity index (χ1) is 9.60. The second-order valence-corrected chi connectivity index (χ2v) is 5.75. The molecule has 20 heavy (non-hydrogen) atoms. The van der Waals surface area contributed by atoms with Crippen molar-refractivity contribution in [2.45, 2.75) is 5.88 Å². The first kappa shape index (κ1) is 14.0. The molecular weight excluding hydrogens is 338 g/mol. The average Bonchev–Trinajstić information content (AvgIpc) is 2.77. The van der Waals surface area contributed by atoms with Crippen LogP contribution in [0.5, 0.6) is 0 Å². The molecule has 3 rings (SSSR count). The summed E-state index contributed by atoms with van der Waals surface area (Å²) in [7, 11) is 0. The van der Waals surface area contributed by atoms with Gasteiger partial charge in [0.1, 0.15) is 5.82 Å². The first-order valence-electron chi connectivity index (χ1n) is 5.78. The van der Waals surface area contributed by atoms with Crippen molar-refractivity contribution < 1.29 is 0 Å². The van der Waals surface area contributed by atoms with E-state index in [2.05, 4.69) is 4.98 Å². The van der Waals surface area contributed by atoms with Crippen molar-refractivity contribution in [1.82, 2.24) is 9.55 Å². The fourth-order valence-electron chi connectivity index (χ4n) is 2.12. The van der Waals surface area contributed by atoms with Gasteiger partial charge in [0.25, 0.3) is 0 Å². The number of aromatic nitrogens is 2. The molecule has 0 saturated carbocycles. The topological polar surface area (TPSA) is 17.8 Å². The zero-order chi connectivity index (χ0) is 14.3. The minimum absolute atomic E-state index is 0.274. The molecule has 6 heteroatoms. The molecule has 0 unspecified atom stereocenters. The molecular formula is C14H8Cl4N2. The van der Waals surface area contributed by atoms with E-state index in [1.54, 1.807) is 12.1 Å². The largest absolute Gasteiger partial charge is 0.295 e. The molecule has 0 atom stereocenters. The number of rotatable bonds is 2. The van der Waals surface area contributed by atoms with Gasteiger partial charge in [0.2, 0.25) is 0 Å². The van der Waals surface area contributed by atoms with Crippen molar-refractivity contribution in [3.8, 4) is 5.69 Å². The molecule has 0 saturated heterocycles. The van der Waals surface area contributed by atoms with Gasteiger partial charge in [0.05, 0.1) is 27.0 Å². The quantitative estimate of drug-likeness (QED) is 0.543. The van der Waals surface area contributed by atoms with E-state index in [0.29, 0.717) is 20.9 Å². The first-order valence-corrected chi connectivity index (χ1v) is 7.45. The number of hydrogen-bond donors (Lipinski definition) is 0. The molecule has 0 fully saturated rings. The molecule has 1 heterocycles. The van der Waals surface area contributed by atoms with E-state index < -0.39 is 0 Å². The Hall–Kier alpha value is -0.930. The van der Waals surface area contributed by atoms with Crippen LogP contribution in [0.2, 0.25) is 15.1 Å². The smallest absolute Gasteiger partial charge is 0.129 e. The van der Waals surface area contributed by atoms with Crippen molar-refractivity contribution in [1.29, 1.82) is 0 Å². The number of benzene rings is 2.